The lowest BCUT2D eigenvalue weighted by Crippen LogP contribution is -2.66. The zero-order valence-corrected chi connectivity index (χ0v) is 15.4. The Morgan fingerprint density at radius 2 is 1.96 bits per heavy atom. The molecular formula is C15H19ClN6O2S. The van der Waals surface area contributed by atoms with E-state index in [0.717, 1.165) is 0 Å². The topological polar surface area (TPSA) is 91.3 Å². The van der Waals surface area contributed by atoms with Gasteiger partial charge in [0.1, 0.15) is 11.0 Å². The van der Waals surface area contributed by atoms with Crippen LogP contribution in [0, 0.1) is 0 Å². The summed E-state index contributed by atoms with van der Waals surface area (Å²) in [6.45, 7) is 0.664. The molecule has 3 rings (SSSR count). The highest BCUT2D eigenvalue weighted by Crippen LogP contribution is 2.42. The maximum atomic E-state index is 13.1. The minimum atomic E-state index is -3.78. The van der Waals surface area contributed by atoms with E-state index in [0.29, 0.717) is 17.8 Å². The number of hydrogen-bond acceptors (Lipinski definition) is 6. The van der Waals surface area contributed by atoms with Crippen molar-refractivity contribution < 1.29 is 8.42 Å². The fourth-order valence-corrected chi connectivity index (χ4v) is 4.94. The summed E-state index contributed by atoms with van der Waals surface area (Å²) in [7, 11) is -0.793. The van der Waals surface area contributed by atoms with Crippen molar-refractivity contribution in [2.75, 3.05) is 27.2 Å². The van der Waals surface area contributed by atoms with E-state index in [1.54, 1.807) is 30.7 Å². The second-order valence-corrected chi connectivity index (χ2v) is 8.28. The summed E-state index contributed by atoms with van der Waals surface area (Å²) in [5.41, 5.74) is -0.880. The number of rotatable bonds is 4. The Labute approximate surface area is 152 Å². The largest absolute Gasteiger partial charge is 0.298 e. The lowest BCUT2D eigenvalue weighted by Gasteiger charge is -2.49. The molecule has 0 saturated carbocycles. The molecule has 0 amide bonds. The summed E-state index contributed by atoms with van der Waals surface area (Å²) in [5, 5.41) is 3.16. The molecule has 1 saturated heterocycles. The van der Waals surface area contributed by atoms with Crippen molar-refractivity contribution in [1.29, 1.82) is 0 Å². The van der Waals surface area contributed by atoms with Crippen LogP contribution in [-0.2, 0) is 15.7 Å². The molecule has 1 aliphatic heterocycles. The summed E-state index contributed by atoms with van der Waals surface area (Å²) in [6, 6.07) is 3.49. The molecule has 0 bridgehead atoms. The molecule has 1 N–H and O–H groups in total. The summed E-state index contributed by atoms with van der Waals surface area (Å²) in [4.78, 5) is 12.6. The third kappa shape index (κ3) is 2.91. The van der Waals surface area contributed by atoms with Gasteiger partial charge in [-0.25, -0.2) is 0 Å². The first-order valence-electron chi connectivity index (χ1n) is 7.66. The highest BCUT2D eigenvalue weighted by Gasteiger charge is 2.55. The van der Waals surface area contributed by atoms with Gasteiger partial charge in [-0.1, -0.05) is 0 Å². The summed E-state index contributed by atoms with van der Waals surface area (Å²) in [6.07, 6.45) is 7.81. The maximum absolute atomic E-state index is 13.1. The zero-order chi connectivity index (χ0) is 18.1. The smallest absolute Gasteiger partial charge is 0.282 e. The van der Waals surface area contributed by atoms with Gasteiger partial charge in [0.15, 0.2) is 0 Å². The Balaban J connectivity index is 2.33. The van der Waals surface area contributed by atoms with Gasteiger partial charge in [-0.15, -0.1) is 11.6 Å². The normalized spacial score (nSPS) is 25.2. The number of hydrogen-bond donors (Lipinski definition) is 1. The Kier molecular flexibility index (Phi) is 5.03. The first-order chi connectivity index (χ1) is 11.9. The zero-order valence-electron chi connectivity index (χ0n) is 13.9. The average molecular weight is 383 g/mol. The molecule has 2 unspecified atom stereocenters. The number of pyridine rings is 1. The average Bonchev–Trinajstić information content (AvgIpc) is 2.63. The fraction of sp³-hybridized carbons (Fsp3) is 0.400. The molecular weight excluding hydrogens is 364 g/mol. The Morgan fingerprint density at radius 3 is 2.56 bits per heavy atom. The molecule has 0 aromatic carbocycles. The van der Waals surface area contributed by atoms with Gasteiger partial charge in [-0.3, -0.25) is 20.3 Å². The van der Waals surface area contributed by atoms with Gasteiger partial charge < -0.3 is 0 Å². The van der Waals surface area contributed by atoms with E-state index in [1.807, 2.05) is 0 Å². The molecule has 10 heteroatoms. The van der Waals surface area contributed by atoms with Crippen molar-refractivity contribution in [3.8, 4) is 0 Å². The van der Waals surface area contributed by atoms with Crippen LogP contribution in [0.5, 0.6) is 0 Å². The molecule has 0 radical (unpaired) electrons. The number of alkyl halides is 1. The lowest BCUT2D eigenvalue weighted by atomic mass is 9.85. The van der Waals surface area contributed by atoms with E-state index in [2.05, 4.69) is 20.3 Å². The van der Waals surface area contributed by atoms with Crippen molar-refractivity contribution in [2.24, 2.45) is 0 Å². The van der Waals surface area contributed by atoms with Crippen molar-refractivity contribution >= 4 is 21.8 Å². The van der Waals surface area contributed by atoms with Crippen LogP contribution in [0.2, 0.25) is 0 Å². The summed E-state index contributed by atoms with van der Waals surface area (Å²) >= 11 is 6.69. The lowest BCUT2D eigenvalue weighted by molar-refractivity contribution is 0.155. The van der Waals surface area contributed by atoms with E-state index in [9.17, 15) is 8.42 Å². The second-order valence-electron chi connectivity index (χ2n) is 5.77. The van der Waals surface area contributed by atoms with Crippen LogP contribution in [0.15, 0.2) is 43.1 Å². The van der Waals surface area contributed by atoms with Crippen molar-refractivity contribution in [2.45, 2.75) is 11.0 Å². The van der Waals surface area contributed by atoms with Crippen LogP contribution in [0.1, 0.15) is 11.3 Å². The molecule has 0 aliphatic carbocycles. The van der Waals surface area contributed by atoms with Gasteiger partial charge in [0.2, 0.25) is 0 Å². The van der Waals surface area contributed by atoms with E-state index in [4.69, 9.17) is 11.6 Å². The number of piperazine rings is 1. The third-order valence-corrected chi connectivity index (χ3v) is 6.63. The molecule has 0 spiro atoms. The third-order valence-electron chi connectivity index (χ3n) is 4.21. The summed E-state index contributed by atoms with van der Waals surface area (Å²) < 4.78 is 28.7. The number of aromatic nitrogens is 3. The molecule has 2 aromatic heterocycles. The quantitative estimate of drug-likeness (QED) is 0.607. The van der Waals surface area contributed by atoms with Crippen LogP contribution >= 0.6 is 11.6 Å². The van der Waals surface area contributed by atoms with Crippen LogP contribution in [0.3, 0.4) is 0 Å². The molecule has 1 aliphatic rings. The molecule has 2 atom stereocenters. The number of nitrogens with one attached hydrogen (secondary N) is 1. The minimum absolute atomic E-state index is 0.239. The first kappa shape index (κ1) is 18.2. The monoisotopic (exact) mass is 382 g/mol. The predicted octanol–water partition coefficient (Wildman–Crippen LogP) is 0.392. The minimum Gasteiger partial charge on any atom is -0.298 e. The van der Waals surface area contributed by atoms with Crippen LogP contribution in [0.4, 0.5) is 0 Å². The van der Waals surface area contributed by atoms with E-state index >= 15 is 0 Å². The van der Waals surface area contributed by atoms with Crippen LogP contribution in [-0.4, -0.2) is 64.7 Å². The van der Waals surface area contributed by atoms with Crippen LogP contribution in [0.25, 0.3) is 0 Å². The van der Waals surface area contributed by atoms with Gasteiger partial charge in [-0.2, -0.15) is 17.0 Å². The molecule has 3 heterocycles. The predicted molar refractivity (Wildman–Crippen MR) is 94.0 cm³/mol. The highest BCUT2D eigenvalue weighted by molar-refractivity contribution is 7.86. The SMILES string of the molecule is CN(C)S(=O)(=O)N1CCNC(Cl)C1(c1ccncc1)c1cnccn1. The molecule has 134 valence electrons. The highest BCUT2D eigenvalue weighted by atomic mass is 35.5. The Hall–Kier alpha value is -1.65. The Bertz CT molecular complexity index is 779. The van der Waals surface area contributed by atoms with Gasteiger partial charge >= 0.3 is 0 Å². The summed E-state index contributed by atoms with van der Waals surface area (Å²) in [5.74, 6) is 0. The molecule has 1 fully saturated rings. The standard InChI is InChI=1S/C15H19ClN6O2S/c1-21(2)25(23,24)22-10-9-20-14(16)15(22,12-3-5-17-6-4-12)13-11-18-7-8-19-13/h3-8,11,14,20H,9-10H2,1-2H3. The van der Waals surface area contributed by atoms with E-state index in [-0.39, 0.29) is 6.54 Å². The van der Waals surface area contributed by atoms with Gasteiger partial charge in [0.05, 0.1) is 11.9 Å². The maximum Gasteiger partial charge on any atom is 0.282 e. The van der Waals surface area contributed by atoms with Gasteiger partial charge in [0, 0.05) is 52.0 Å². The van der Waals surface area contributed by atoms with Gasteiger partial charge in [-0.05, 0) is 17.7 Å². The van der Waals surface area contributed by atoms with Crippen molar-refractivity contribution in [1.82, 2.24) is 28.9 Å². The van der Waals surface area contributed by atoms with Gasteiger partial charge in [0.25, 0.3) is 10.2 Å². The van der Waals surface area contributed by atoms with Crippen LogP contribution < -0.4 is 5.32 Å². The molecule has 8 nitrogen and oxygen atoms in total. The second kappa shape index (κ2) is 6.93. The number of halogens is 1. The number of nitrogens with zero attached hydrogens (tertiary/aromatic N) is 5. The van der Waals surface area contributed by atoms with E-state index in [1.165, 1.54) is 35.1 Å². The molecule has 25 heavy (non-hydrogen) atoms. The first-order valence-corrected chi connectivity index (χ1v) is 9.50. The van der Waals surface area contributed by atoms with Crippen molar-refractivity contribution in [3.05, 3.63) is 54.4 Å². The fourth-order valence-electron chi connectivity index (χ4n) is 3.04. The van der Waals surface area contributed by atoms with E-state index < -0.39 is 21.2 Å². The van der Waals surface area contributed by atoms with Crippen molar-refractivity contribution in [3.63, 3.8) is 0 Å². The Morgan fingerprint density at radius 1 is 1.24 bits per heavy atom. The molecule has 2 aromatic rings.